The quantitative estimate of drug-likeness (QED) is 0.929. The molecule has 110 valence electrons. The Bertz CT molecular complexity index is 477. The van der Waals surface area contributed by atoms with Crippen molar-refractivity contribution in [1.82, 2.24) is 9.80 Å². The van der Waals surface area contributed by atoms with Crippen LogP contribution >= 0.6 is 11.6 Å². The second kappa shape index (κ2) is 6.02. The van der Waals surface area contributed by atoms with E-state index >= 15 is 0 Å². The fraction of sp³-hybridized carbons (Fsp3) is 0.625. The molecule has 0 radical (unpaired) electrons. The van der Waals surface area contributed by atoms with Crippen molar-refractivity contribution in [2.75, 3.05) is 19.6 Å². The van der Waals surface area contributed by atoms with Crippen molar-refractivity contribution >= 4 is 11.6 Å². The molecule has 1 aromatic rings. The Labute approximate surface area is 126 Å². The van der Waals surface area contributed by atoms with E-state index in [1.165, 1.54) is 38.0 Å². The highest BCUT2D eigenvalue weighted by Gasteiger charge is 2.34. The molecule has 2 atom stereocenters. The maximum atomic E-state index is 6.39. The zero-order valence-corrected chi connectivity index (χ0v) is 12.9. The van der Waals surface area contributed by atoms with Crippen molar-refractivity contribution in [2.24, 2.45) is 5.73 Å². The average Bonchev–Trinajstić information content (AvgIpc) is 2.88. The van der Waals surface area contributed by atoms with E-state index < -0.39 is 0 Å². The van der Waals surface area contributed by atoms with Crippen LogP contribution in [-0.2, 0) is 13.1 Å². The molecule has 2 saturated heterocycles. The average molecular weight is 294 g/mol. The fourth-order valence-corrected chi connectivity index (χ4v) is 3.80. The van der Waals surface area contributed by atoms with Gasteiger partial charge >= 0.3 is 0 Å². The number of hydrogen-bond acceptors (Lipinski definition) is 3. The van der Waals surface area contributed by atoms with Gasteiger partial charge in [0.15, 0.2) is 0 Å². The Morgan fingerprint density at radius 3 is 2.95 bits per heavy atom. The van der Waals surface area contributed by atoms with E-state index in [0.29, 0.717) is 12.6 Å². The van der Waals surface area contributed by atoms with Gasteiger partial charge in [0.25, 0.3) is 0 Å². The van der Waals surface area contributed by atoms with Gasteiger partial charge in [-0.1, -0.05) is 23.7 Å². The summed E-state index contributed by atoms with van der Waals surface area (Å²) in [4.78, 5) is 5.23. The second-order valence-corrected chi connectivity index (χ2v) is 6.61. The molecule has 0 spiro atoms. The molecule has 2 aliphatic heterocycles. The third-order valence-corrected chi connectivity index (χ3v) is 5.14. The predicted octanol–water partition coefficient (Wildman–Crippen LogP) is 2.47. The van der Waals surface area contributed by atoms with Gasteiger partial charge in [-0.05, 0) is 43.5 Å². The SMILES string of the molecule is CC1CN2CCCC2CN1Cc1ccc(CN)cc1Cl. The van der Waals surface area contributed by atoms with Gasteiger partial charge in [-0.15, -0.1) is 0 Å². The topological polar surface area (TPSA) is 32.5 Å². The van der Waals surface area contributed by atoms with Crippen LogP contribution in [0.2, 0.25) is 5.02 Å². The summed E-state index contributed by atoms with van der Waals surface area (Å²) in [7, 11) is 0. The van der Waals surface area contributed by atoms with Crippen molar-refractivity contribution in [3.63, 3.8) is 0 Å². The van der Waals surface area contributed by atoms with Crippen molar-refractivity contribution in [2.45, 2.75) is 44.9 Å². The lowest BCUT2D eigenvalue weighted by Crippen LogP contribution is -2.54. The van der Waals surface area contributed by atoms with Gasteiger partial charge in [0.1, 0.15) is 0 Å². The number of nitrogens with zero attached hydrogens (tertiary/aromatic N) is 2. The highest BCUT2D eigenvalue weighted by molar-refractivity contribution is 6.31. The maximum absolute atomic E-state index is 6.39. The van der Waals surface area contributed by atoms with Crippen LogP contribution in [0, 0.1) is 0 Å². The molecule has 2 heterocycles. The van der Waals surface area contributed by atoms with E-state index in [0.717, 1.165) is 23.2 Å². The lowest BCUT2D eigenvalue weighted by molar-refractivity contribution is 0.0540. The molecule has 0 bridgehead atoms. The summed E-state index contributed by atoms with van der Waals surface area (Å²) in [5.41, 5.74) is 7.99. The number of rotatable bonds is 3. The first kappa shape index (κ1) is 14.3. The van der Waals surface area contributed by atoms with Crippen molar-refractivity contribution in [3.8, 4) is 0 Å². The molecule has 0 aromatic heterocycles. The first-order valence-electron chi connectivity index (χ1n) is 7.63. The number of halogens is 1. The van der Waals surface area contributed by atoms with E-state index in [1.807, 2.05) is 6.07 Å². The first-order chi connectivity index (χ1) is 9.67. The van der Waals surface area contributed by atoms with E-state index in [4.69, 9.17) is 17.3 Å². The summed E-state index contributed by atoms with van der Waals surface area (Å²) < 4.78 is 0. The Morgan fingerprint density at radius 1 is 1.35 bits per heavy atom. The van der Waals surface area contributed by atoms with Crippen molar-refractivity contribution in [1.29, 1.82) is 0 Å². The maximum Gasteiger partial charge on any atom is 0.0454 e. The molecule has 2 aliphatic rings. The predicted molar refractivity (Wildman–Crippen MR) is 83.8 cm³/mol. The highest BCUT2D eigenvalue weighted by Crippen LogP contribution is 2.27. The summed E-state index contributed by atoms with van der Waals surface area (Å²) in [5.74, 6) is 0. The molecule has 2 N–H and O–H groups in total. The third kappa shape index (κ3) is 2.86. The van der Waals surface area contributed by atoms with Gasteiger partial charge < -0.3 is 5.73 Å². The molecule has 0 aliphatic carbocycles. The molecular weight excluding hydrogens is 270 g/mol. The summed E-state index contributed by atoms with van der Waals surface area (Å²) in [6, 6.07) is 7.60. The van der Waals surface area contributed by atoms with E-state index in [-0.39, 0.29) is 0 Å². The summed E-state index contributed by atoms with van der Waals surface area (Å²) in [6.45, 7) is 7.50. The van der Waals surface area contributed by atoms with Crippen LogP contribution in [0.15, 0.2) is 18.2 Å². The number of nitrogens with two attached hydrogens (primary N) is 1. The monoisotopic (exact) mass is 293 g/mol. The Balaban J connectivity index is 1.70. The highest BCUT2D eigenvalue weighted by atomic mass is 35.5. The molecule has 2 fully saturated rings. The Morgan fingerprint density at radius 2 is 2.20 bits per heavy atom. The van der Waals surface area contributed by atoms with Crippen molar-refractivity contribution in [3.05, 3.63) is 34.3 Å². The van der Waals surface area contributed by atoms with Gasteiger partial charge in [0, 0.05) is 43.3 Å². The largest absolute Gasteiger partial charge is 0.326 e. The van der Waals surface area contributed by atoms with Gasteiger partial charge in [-0.3, -0.25) is 9.80 Å². The van der Waals surface area contributed by atoms with Crippen LogP contribution in [0.3, 0.4) is 0 Å². The fourth-order valence-electron chi connectivity index (χ4n) is 3.53. The van der Waals surface area contributed by atoms with E-state index in [2.05, 4.69) is 28.9 Å². The Hall–Kier alpha value is -0.610. The minimum Gasteiger partial charge on any atom is -0.326 e. The molecule has 1 aromatic carbocycles. The van der Waals surface area contributed by atoms with Gasteiger partial charge in [-0.25, -0.2) is 0 Å². The van der Waals surface area contributed by atoms with Gasteiger partial charge in [0.2, 0.25) is 0 Å². The zero-order valence-electron chi connectivity index (χ0n) is 12.2. The molecule has 3 rings (SSSR count). The summed E-state index contributed by atoms with van der Waals surface area (Å²) >= 11 is 6.39. The molecule has 3 nitrogen and oxygen atoms in total. The lowest BCUT2D eigenvalue weighted by Gasteiger charge is -2.42. The van der Waals surface area contributed by atoms with Crippen molar-refractivity contribution < 1.29 is 0 Å². The minimum atomic E-state index is 0.553. The zero-order chi connectivity index (χ0) is 14.1. The van der Waals surface area contributed by atoms with Crippen LogP contribution in [0.1, 0.15) is 30.9 Å². The summed E-state index contributed by atoms with van der Waals surface area (Å²) in [5, 5.41) is 0.856. The van der Waals surface area contributed by atoms with E-state index in [1.54, 1.807) is 0 Å². The molecule has 20 heavy (non-hydrogen) atoms. The minimum absolute atomic E-state index is 0.553. The third-order valence-electron chi connectivity index (χ3n) is 4.79. The Kier molecular flexibility index (Phi) is 4.32. The molecule has 0 amide bonds. The number of piperazine rings is 1. The van der Waals surface area contributed by atoms with Crippen LogP contribution in [0.4, 0.5) is 0 Å². The van der Waals surface area contributed by atoms with Crippen LogP contribution < -0.4 is 5.73 Å². The normalized spacial score (nSPS) is 27.8. The number of fused-ring (bicyclic) bond motifs is 1. The smallest absolute Gasteiger partial charge is 0.0454 e. The molecular formula is C16H24ClN3. The number of benzene rings is 1. The standard InChI is InChI=1S/C16H24ClN3/c1-12-9-19-6-2-3-15(19)11-20(12)10-14-5-4-13(8-18)7-16(14)17/h4-5,7,12,15H,2-3,6,8-11,18H2,1H3. The van der Waals surface area contributed by atoms with E-state index in [9.17, 15) is 0 Å². The second-order valence-electron chi connectivity index (χ2n) is 6.20. The van der Waals surface area contributed by atoms with Gasteiger partial charge in [0.05, 0.1) is 0 Å². The molecule has 0 saturated carbocycles. The number of hydrogen-bond donors (Lipinski definition) is 1. The van der Waals surface area contributed by atoms with Crippen LogP contribution in [0.25, 0.3) is 0 Å². The van der Waals surface area contributed by atoms with Crippen LogP contribution in [0.5, 0.6) is 0 Å². The lowest BCUT2D eigenvalue weighted by atomic mass is 10.1. The first-order valence-corrected chi connectivity index (χ1v) is 8.00. The molecule has 4 heteroatoms. The van der Waals surface area contributed by atoms with Crippen LogP contribution in [-0.4, -0.2) is 41.5 Å². The molecule has 2 unspecified atom stereocenters. The summed E-state index contributed by atoms with van der Waals surface area (Å²) in [6.07, 6.45) is 2.71. The van der Waals surface area contributed by atoms with Gasteiger partial charge in [-0.2, -0.15) is 0 Å².